The van der Waals surface area contributed by atoms with Gasteiger partial charge in [0.1, 0.15) is 0 Å². The topological polar surface area (TPSA) is 66.8 Å². The summed E-state index contributed by atoms with van der Waals surface area (Å²) in [6.45, 7) is 0.0492. The van der Waals surface area contributed by atoms with Gasteiger partial charge >= 0.3 is 0 Å². The molecular formula is C12H13NO4. The number of rotatable bonds is 4. The molecule has 0 saturated heterocycles. The zero-order valence-corrected chi connectivity index (χ0v) is 9.42. The molecular weight excluding hydrogens is 222 g/mol. The van der Waals surface area contributed by atoms with Crippen LogP contribution >= 0.6 is 0 Å². The third kappa shape index (κ3) is 2.07. The van der Waals surface area contributed by atoms with E-state index in [1.807, 2.05) is 0 Å². The van der Waals surface area contributed by atoms with Crippen molar-refractivity contribution in [2.45, 2.75) is 6.10 Å². The van der Waals surface area contributed by atoms with Gasteiger partial charge in [0.15, 0.2) is 0 Å². The van der Waals surface area contributed by atoms with Gasteiger partial charge in [0, 0.05) is 7.11 Å². The number of amides is 2. The van der Waals surface area contributed by atoms with Crippen molar-refractivity contribution in [2.75, 3.05) is 20.3 Å². The quantitative estimate of drug-likeness (QED) is 0.762. The number of aliphatic hydroxyl groups excluding tert-OH is 1. The largest absolute Gasteiger partial charge is 0.389 e. The number of hydrogen-bond donors (Lipinski definition) is 1. The monoisotopic (exact) mass is 235 g/mol. The molecule has 17 heavy (non-hydrogen) atoms. The first-order chi connectivity index (χ1) is 8.15. The first kappa shape index (κ1) is 11.8. The average molecular weight is 235 g/mol. The molecule has 1 aromatic carbocycles. The SMILES string of the molecule is COC[C@@H](O)CN1C(=O)c2ccccc2C1=O. The van der Waals surface area contributed by atoms with Crippen LogP contribution in [-0.4, -0.2) is 48.2 Å². The van der Waals surface area contributed by atoms with Crippen molar-refractivity contribution < 1.29 is 19.4 Å². The summed E-state index contributed by atoms with van der Waals surface area (Å²) in [4.78, 5) is 24.9. The summed E-state index contributed by atoms with van der Waals surface area (Å²) in [7, 11) is 1.45. The van der Waals surface area contributed by atoms with E-state index in [1.54, 1.807) is 24.3 Å². The number of imide groups is 1. The Morgan fingerprint density at radius 2 is 1.76 bits per heavy atom. The Morgan fingerprint density at radius 1 is 1.24 bits per heavy atom. The van der Waals surface area contributed by atoms with E-state index in [4.69, 9.17) is 4.74 Å². The van der Waals surface area contributed by atoms with E-state index < -0.39 is 6.10 Å². The molecule has 0 saturated carbocycles. The van der Waals surface area contributed by atoms with Crippen molar-refractivity contribution in [3.8, 4) is 0 Å². The Bertz CT molecular complexity index is 423. The van der Waals surface area contributed by atoms with E-state index in [9.17, 15) is 14.7 Å². The number of β-amino-alcohol motifs (C(OH)–C–C–N with tert-alkyl or cyclic N) is 1. The molecule has 0 aliphatic carbocycles. The fraction of sp³-hybridized carbons (Fsp3) is 0.333. The van der Waals surface area contributed by atoms with Gasteiger partial charge in [-0.15, -0.1) is 0 Å². The number of methoxy groups -OCH3 is 1. The Labute approximate surface area is 98.6 Å². The summed E-state index contributed by atoms with van der Waals surface area (Å²) in [5.74, 6) is -0.721. The van der Waals surface area contributed by atoms with Gasteiger partial charge in [-0.1, -0.05) is 12.1 Å². The summed E-state index contributed by atoms with van der Waals surface area (Å²) in [6, 6.07) is 6.63. The predicted octanol–water partition coefficient (Wildman–Crippen LogP) is 0.290. The van der Waals surface area contributed by atoms with E-state index in [0.717, 1.165) is 4.90 Å². The van der Waals surface area contributed by atoms with Crippen LogP contribution in [0, 0.1) is 0 Å². The summed E-state index contributed by atoms with van der Waals surface area (Å²) in [5.41, 5.74) is 0.782. The van der Waals surface area contributed by atoms with Crippen molar-refractivity contribution in [2.24, 2.45) is 0 Å². The van der Waals surface area contributed by atoms with Gasteiger partial charge in [-0.25, -0.2) is 0 Å². The fourth-order valence-electron chi connectivity index (χ4n) is 1.86. The molecule has 1 aliphatic rings. The van der Waals surface area contributed by atoms with Gasteiger partial charge in [0.05, 0.1) is 30.4 Å². The molecule has 2 rings (SSSR count). The molecule has 0 unspecified atom stereocenters. The van der Waals surface area contributed by atoms with Crippen LogP contribution < -0.4 is 0 Å². The first-order valence-electron chi connectivity index (χ1n) is 5.27. The average Bonchev–Trinajstić information content (AvgIpc) is 2.56. The maximum Gasteiger partial charge on any atom is 0.261 e. The first-order valence-corrected chi connectivity index (χ1v) is 5.27. The number of benzene rings is 1. The molecule has 0 radical (unpaired) electrons. The maximum atomic E-state index is 11.9. The van der Waals surface area contributed by atoms with Gasteiger partial charge in [-0.3, -0.25) is 14.5 Å². The number of aliphatic hydroxyl groups is 1. The van der Waals surface area contributed by atoms with Crippen LogP contribution in [0.1, 0.15) is 20.7 Å². The second kappa shape index (κ2) is 4.65. The fourth-order valence-corrected chi connectivity index (χ4v) is 1.86. The molecule has 1 aromatic rings. The van der Waals surface area contributed by atoms with Crippen LogP contribution in [0.5, 0.6) is 0 Å². The molecule has 2 amide bonds. The van der Waals surface area contributed by atoms with E-state index in [1.165, 1.54) is 7.11 Å². The second-order valence-corrected chi connectivity index (χ2v) is 3.88. The minimum absolute atomic E-state index is 0.0415. The van der Waals surface area contributed by atoms with Crippen molar-refractivity contribution in [1.29, 1.82) is 0 Å². The van der Waals surface area contributed by atoms with Crippen molar-refractivity contribution in [3.05, 3.63) is 35.4 Å². The molecule has 5 heteroatoms. The minimum Gasteiger partial charge on any atom is -0.389 e. The Morgan fingerprint density at radius 3 is 2.24 bits per heavy atom. The molecule has 0 aromatic heterocycles. The lowest BCUT2D eigenvalue weighted by Gasteiger charge is -2.17. The molecule has 0 bridgehead atoms. The summed E-state index contributed by atoms with van der Waals surface area (Å²) < 4.78 is 4.76. The predicted molar refractivity (Wildman–Crippen MR) is 59.7 cm³/mol. The smallest absolute Gasteiger partial charge is 0.261 e. The summed E-state index contributed by atoms with van der Waals surface area (Å²) in [6.07, 6.45) is -0.859. The lowest BCUT2D eigenvalue weighted by atomic mass is 10.1. The molecule has 0 fully saturated rings. The second-order valence-electron chi connectivity index (χ2n) is 3.88. The zero-order valence-electron chi connectivity index (χ0n) is 9.42. The number of carbonyl (C=O) groups excluding carboxylic acids is 2. The van der Waals surface area contributed by atoms with Crippen LogP contribution in [0.2, 0.25) is 0 Å². The lowest BCUT2D eigenvalue weighted by molar-refractivity contribution is 0.0323. The normalized spacial score (nSPS) is 16.2. The van der Waals surface area contributed by atoms with Gasteiger partial charge < -0.3 is 9.84 Å². The van der Waals surface area contributed by atoms with Crippen LogP contribution in [0.15, 0.2) is 24.3 Å². The molecule has 1 atom stereocenters. The molecule has 90 valence electrons. The van der Waals surface area contributed by atoms with Crippen molar-refractivity contribution in [3.63, 3.8) is 0 Å². The standard InChI is InChI=1S/C12H13NO4/c1-17-7-8(14)6-13-11(15)9-4-2-3-5-10(9)12(13)16/h2-5,8,14H,6-7H2,1H3/t8-/m0/s1. The highest BCUT2D eigenvalue weighted by molar-refractivity contribution is 6.21. The number of hydrogen-bond acceptors (Lipinski definition) is 4. The van der Waals surface area contributed by atoms with E-state index in [2.05, 4.69) is 0 Å². The molecule has 5 nitrogen and oxygen atoms in total. The Balaban J connectivity index is 2.19. The van der Waals surface area contributed by atoms with Gasteiger partial charge in [0.2, 0.25) is 0 Å². The van der Waals surface area contributed by atoms with Gasteiger partial charge in [-0.05, 0) is 12.1 Å². The number of nitrogens with zero attached hydrogens (tertiary/aromatic N) is 1. The lowest BCUT2D eigenvalue weighted by Crippen LogP contribution is -2.38. The number of ether oxygens (including phenoxy) is 1. The van der Waals surface area contributed by atoms with E-state index >= 15 is 0 Å². The number of fused-ring (bicyclic) bond motifs is 1. The highest BCUT2D eigenvalue weighted by Gasteiger charge is 2.35. The van der Waals surface area contributed by atoms with Crippen LogP contribution in [0.25, 0.3) is 0 Å². The van der Waals surface area contributed by atoms with Gasteiger partial charge in [0.25, 0.3) is 11.8 Å². The highest BCUT2D eigenvalue weighted by atomic mass is 16.5. The highest BCUT2D eigenvalue weighted by Crippen LogP contribution is 2.22. The van der Waals surface area contributed by atoms with Crippen LogP contribution in [0.3, 0.4) is 0 Å². The van der Waals surface area contributed by atoms with Crippen LogP contribution in [0.4, 0.5) is 0 Å². The van der Waals surface area contributed by atoms with Crippen LogP contribution in [-0.2, 0) is 4.74 Å². The molecule has 1 N–H and O–H groups in total. The Hall–Kier alpha value is -1.72. The minimum atomic E-state index is -0.859. The maximum absolute atomic E-state index is 11.9. The van der Waals surface area contributed by atoms with E-state index in [-0.39, 0.29) is 25.0 Å². The summed E-state index contributed by atoms with van der Waals surface area (Å²) in [5, 5.41) is 9.55. The third-order valence-corrected chi connectivity index (χ3v) is 2.63. The molecule has 1 aliphatic heterocycles. The van der Waals surface area contributed by atoms with Crippen molar-refractivity contribution in [1.82, 2.24) is 4.90 Å². The molecule has 0 spiro atoms. The summed E-state index contributed by atoms with van der Waals surface area (Å²) >= 11 is 0. The zero-order chi connectivity index (χ0) is 12.4. The van der Waals surface area contributed by atoms with Crippen molar-refractivity contribution >= 4 is 11.8 Å². The number of carbonyl (C=O) groups is 2. The Kier molecular flexibility index (Phi) is 3.21. The van der Waals surface area contributed by atoms with E-state index in [0.29, 0.717) is 11.1 Å². The molecule has 1 heterocycles. The van der Waals surface area contributed by atoms with Gasteiger partial charge in [-0.2, -0.15) is 0 Å². The third-order valence-electron chi connectivity index (χ3n) is 2.63.